The van der Waals surface area contributed by atoms with Gasteiger partial charge in [0.05, 0.1) is 42.0 Å². The lowest BCUT2D eigenvalue weighted by atomic mass is 9.30. The normalized spacial score (nSPS) is 49.8. The Morgan fingerprint density at radius 1 is 0.770 bits per heavy atom. The van der Waals surface area contributed by atoms with Crippen molar-refractivity contribution in [2.24, 2.45) is 105 Å². The van der Waals surface area contributed by atoms with Crippen LogP contribution < -0.4 is 5.32 Å². The molecule has 6 N–H and O–H groups in total. The zero-order chi connectivity index (χ0) is 59.2. The molecule has 10 nitrogen and oxygen atoms in total. The molecule has 26 atom stereocenters. The van der Waals surface area contributed by atoms with Gasteiger partial charge < -0.3 is 45.1 Å². The maximum atomic E-state index is 16.2. The second kappa shape index (κ2) is 19.9. The van der Waals surface area contributed by atoms with Crippen LogP contribution in [-0.4, -0.2) is 92.6 Å². The first-order valence-electron chi connectivity index (χ1n) is 34.5. The lowest BCUT2D eigenvalue weighted by Crippen LogP contribution is -2.85. The minimum absolute atomic E-state index is 0.0579. The third kappa shape index (κ3) is 7.28. The Balaban J connectivity index is 0.915. The van der Waals surface area contributed by atoms with Gasteiger partial charge in [0.2, 0.25) is 0 Å². The van der Waals surface area contributed by atoms with E-state index in [-0.39, 0.29) is 98.6 Å². The molecule has 3 aliphatic heterocycles. The van der Waals surface area contributed by atoms with E-state index in [0.717, 1.165) is 68.1 Å². The van der Waals surface area contributed by atoms with Crippen molar-refractivity contribution in [3.05, 3.63) is 118 Å². The van der Waals surface area contributed by atoms with Gasteiger partial charge in [-0.3, -0.25) is 0 Å². The number of aliphatic hydroxyl groups excluding tert-OH is 2. The summed E-state index contributed by atoms with van der Waals surface area (Å²) in [6.07, 6.45) is 16.4. The van der Waals surface area contributed by atoms with Gasteiger partial charge >= 0.3 is 5.97 Å². The molecule has 3 aromatic rings. The predicted molar refractivity (Wildman–Crippen MR) is 329 cm³/mol. The van der Waals surface area contributed by atoms with Gasteiger partial charge in [-0.1, -0.05) is 91.4 Å². The van der Waals surface area contributed by atoms with Gasteiger partial charge in [-0.05, 0) is 234 Å². The Morgan fingerprint density at radius 3 is 2.38 bits per heavy atom. The summed E-state index contributed by atoms with van der Waals surface area (Å²) in [5.74, 6) is 14.2. The van der Waals surface area contributed by atoms with Gasteiger partial charge in [-0.15, -0.1) is 5.92 Å². The van der Waals surface area contributed by atoms with E-state index in [9.17, 15) is 15.0 Å². The number of carbonyl (C=O) groups is 2. The minimum Gasteiger partial charge on any atom is -0.454 e. The highest BCUT2D eigenvalue weighted by atomic mass is 16.5. The summed E-state index contributed by atoms with van der Waals surface area (Å²) in [5, 5.41) is 74.1. The van der Waals surface area contributed by atoms with Crippen LogP contribution in [0.4, 0.5) is 0 Å². The van der Waals surface area contributed by atoms with Crippen molar-refractivity contribution in [2.75, 3.05) is 13.7 Å². The van der Waals surface area contributed by atoms with Crippen LogP contribution in [0.2, 0.25) is 0 Å². The maximum absolute atomic E-state index is 16.2. The number of rotatable bonds is 5. The second-order valence-electron chi connectivity index (χ2n) is 31.8. The van der Waals surface area contributed by atoms with Crippen molar-refractivity contribution in [3.8, 4) is 23.7 Å². The molecule has 3 aromatic carbocycles. The zero-order valence-corrected chi connectivity index (χ0v) is 51.2. The molecular weight excluding hydrogens is 1080 g/mol. The molecule has 0 radical (unpaired) electrons. The molecule has 12 aliphatic carbocycles. The van der Waals surface area contributed by atoms with Crippen LogP contribution >= 0.6 is 0 Å². The number of ether oxygens (including phenoxy) is 2. The summed E-state index contributed by atoms with van der Waals surface area (Å²) in [7, 11) is 1.94. The zero-order valence-electron chi connectivity index (χ0n) is 51.2. The van der Waals surface area contributed by atoms with E-state index in [0.29, 0.717) is 67.8 Å². The molecule has 9 saturated carbocycles. The van der Waals surface area contributed by atoms with Crippen LogP contribution in [-0.2, 0) is 44.9 Å². The number of benzene rings is 3. The van der Waals surface area contributed by atoms with Crippen LogP contribution in [0, 0.1) is 128 Å². The monoisotopic (exact) mass is 1170 g/mol. The first-order valence-corrected chi connectivity index (χ1v) is 34.5. The Morgan fingerprint density at radius 2 is 1.56 bits per heavy atom. The van der Waals surface area contributed by atoms with E-state index in [4.69, 9.17) is 9.47 Å². The summed E-state index contributed by atoms with van der Waals surface area (Å²) in [5.41, 5.74) is -2.72. The van der Waals surface area contributed by atoms with Crippen molar-refractivity contribution >= 4 is 12.3 Å². The fourth-order valence-electron chi connectivity index (χ4n) is 26.7. The molecule has 458 valence electrons. The van der Waals surface area contributed by atoms with Gasteiger partial charge in [-0.25, -0.2) is 4.79 Å². The summed E-state index contributed by atoms with van der Waals surface area (Å²) in [4.78, 5) is 30.6. The molecule has 10 heteroatoms. The highest BCUT2D eigenvalue weighted by Crippen LogP contribution is 2.84. The van der Waals surface area contributed by atoms with E-state index < -0.39 is 74.2 Å². The van der Waals surface area contributed by atoms with Gasteiger partial charge in [0.25, 0.3) is 0 Å². The minimum atomic E-state index is -1.99. The smallest absolute Gasteiger partial charge is 0.331 e. The molecule has 0 aromatic heterocycles. The van der Waals surface area contributed by atoms with Crippen molar-refractivity contribution in [1.82, 2.24) is 5.32 Å². The average molecular weight is 1170 g/mol. The number of nitrogens with one attached hydrogen (secondary N) is 1. The van der Waals surface area contributed by atoms with E-state index in [1.54, 1.807) is 6.08 Å². The number of aliphatic hydroxyl groups is 5. The quantitative estimate of drug-likeness (QED) is 0.0823. The average Bonchev–Trinajstić information content (AvgIpc) is 1.59. The number of hydrogen-bond acceptors (Lipinski definition) is 10. The Hall–Kier alpha value is -4.62. The number of esters is 1. The standard InChI is InChI=1S/C77H91NO9/c1-44-50-21-20-47(29-50)28-45-11-8-12-46(27-45)30-57-32-54-33-61-59-19-10-17-52-37-72-26-7-6-15-49-16-9-18-53(40-79)60(49)35-66(78-2)62-34-55(74(72,43-81)65-36-67(82)87-68(62)65)39-76(72,84)75(83)38-56-31-51(44)22-24-64-70(86-57)73(54,41-71(42-80,69(52)75)77(56,64)85)63(61)25-23-58(59)48-13-4-3-5-14-48/h3-5,8-9,11-14,16,18,27,36,42,44,47,50-52,54-59,61-64,66,68-70,78-79,81,83-85H,7,19-26,28-35,37-41,43H2,1-2H3/t44-,47-,50+,51-,52+,54-,55-,56-,57+,58+,59+,61-,62+,63+,64+,66-,68-,69+,70+,71-,72+,73-,74+,75-,76+,77-/m0/s1. The highest BCUT2D eigenvalue weighted by Gasteiger charge is 2.89. The fraction of sp³-hybridized carbons (Fsp3) is 0.662. The van der Waals surface area contributed by atoms with Gasteiger partial charge in [0.1, 0.15) is 18.0 Å². The summed E-state index contributed by atoms with van der Waals surface area (Å²) in [6, 6.07) is 26.2. The Bertz CT molecular complexity index is 3470. The van der Waals surface area contributed by atoms with Crippen molar-refractivity contribution in [1.29, 1.82) is 0 Å². The number of carbonyl (C=O) groups excluding carboxylic acids is 2. The topological polar surface area (TPSA) is 166 Å². The summed E-state index contributed by atoms with van der Waals surface area (Å²) in [6.45, 7) is 1.95. The molecule has 15 aliphatic rings. The van der Waals surface area contributed by atoms with E-state index >= 15 is 20.1 Å². The SMILES string of the molecule is CN[C@H]1Cc2c(cccc2CO)C#CCC[C@]23C[C@H]4C#CC[C@H]5[C@@H]6C[C@@H]7C[C@H]8Cc9cccc(c9)C[C@@H]9CC[C@H](C9)[C@H](C)[C@H]9CC[C@@H]%10[C@@H](O8)[C@]7(C[C@]7(C=O)[C@@H]4[C@@](O)(C[C@H](C9)[C@]%107O)[C@@]2(O)C[C@@H]2C[C@H]1[C@@H]1OC(=O)C=C1[C@@]23CO)[C@@H]6CC[C@@H]5c1ccccc1. The van der Waals surface area contributed by atoms with Crippen LogP contribution in [0.5, 0.6) is 0 Å². The van der Waals surface area contributed by atoms with Crippen LogP contribution in [0.3, 0.4) is 0 Å². The lowest BCUT2D eigenvalue weighted by Gasteiger charge is -2.76. The molecule has 1 saturated heterocycles. The number of fused-ring (bicyclic) bond motifs is 11. The molecule has 0 unspecified atom stereocenters. The third-order valence-electron chi connectivity index (χ3n) is 29.6. The molecule has 10 fully saturated rings. The van der Waals surface area contributed by atoms with Gasteiger partial charge in [-0.2, -0.15) is 0 Å². The number of aldehydes is 1. The Labute approximate surface area is 514 Å². The van der Waals surface area contributed by atoms with Crippen molar-refractivity contribution < 1.29 is 44.6 Å². The first kappa shape index (κ1) is 56.4. The fourth-order valence-corrected chi connectivity index (χ4v) is 26.7. The second-order valence-corrected chi connectivity index (χ2v) is 31.8. The molecular formula is C77H91NO9. The third-order valence-corrected chi connectivity index (χ3v) is 29.6. The molecule has 2 spiro atoms. The summed E-state index contributed by atoms with van der Waals surface area (Å²) < 4.78 is 14.7. The lowest BCUT2D eigenvalue weighted by molar-refractivity contribution is -0.378. The van der Waals surface area contributed by atoms with Crippen LogP contribution in [0.25, 0.3) is 0 Å². The molecule has 18 rings (SSSR count). The molecule has 17 bridgehead atoms. The van der Waals surface area contributed by atoms with Gasteiger partial charge in [0.15, 0.2) is 0 Å². The highest BCUT2D eigenvalue weighted by molar-refractivity contribution is 5.87. The summed E-state index contributed by atoms with van der Waals surface area (Å²) >= 11 is 0. The van der Waals surface area contributed by atoms with Gasteiger partial charge in [0, 0.05) is 70.4 Å². The van der Waals surface area contributed by atoms with Crippen molar-refractivity contribution in [2.45, 2.75) is 195 Å². The number of likely N-dealkylation sites (N-methyl/N-ethyl adjacent to an activating group) is 1. The van der Waals surface area contributed by atoms with Crippen LogP contribution in [0.1, 0.15) is 162 Å². The van der Waals surface area contributed by atoms with Crippen LogP contribution in [0.15, 0.2) is 84.4 Å². The molecule has 87 heavy (non-hydrogen) atoms. The van der Waals surface area contributed by atoms with E-state index in [2.05, 4.69) is 90.5 Å². The molecule has 0 amide bonds. The Kier molecular flexibility index (Phi) is 12.9. The maximum Gasteiger partial charge on any atom is 0.331 e. The predicted octanol–water partition coefficient (Wildman–Crippen LogP) is 10.0. The first-order chi connectivity index (χ1) is 42.2. The van der Waals surface area contributed by atoms with Crippen molar-refractivity contribution in [3.63, 3.8) is 0 Å². The largest absolute Gasteiger partial charge is 0.454 e. The molecule has 3 heterocycles. The van der Waals surface area contributed by atoms with E-state index in [1.807, 2.05) is 25.2 Å². The number of hydrogen-bond donors (Lipinski definition) is 6. The van der Waals surface area contributed by atoms with E-state index in [1.165, 1.54) is 42.2 Å².